The Labute approximate surface area is 367 Å². The molecule has 0 N–H and O–H groups in total. The minimum atomic E-state index is 0.282. The number of fused-ring (bicyclic) bond motifs is 3. The summed E-state index contributed by atoms with van der Waals surface area (Å²) in [5.74, 6) is 0.574. The second-order valence-electron chi connectivity index (χ2n) is 15.7. The zero-order valence-electron chi connectivity index (χ0n) is 38.7. The van der Waals surface area contributed by atoms with Crippen LogP contribution in [-0.4, -0.2) is 0 Å². The highest BCUT2D eigenvalue weighted by Crippen LogP contribution is 2.46. The van der Waals surface area contributed by atoms with Crippen LogP contribution in [0.15, 0.2) is 175 Å². The normalized spacial score (nSPS) is 14.4. The first-order valence-electron chi connectivity index (χ1n) is 22.6. The number of hydrogen-bond acceptors (Lipinski definition) is 1. The molecule has 9 rings (SSSR count). The van der Waals surface area contributed by atoms with E-state index < -0.39 is 0 Å². The molecule has 0 saturated carbocycles. The van der Waals surface area contributed by atoms with Gasteiger partial charge in [0, 0.05) is 23.0 Å². The Balaban J connectivity index is 0.000000995. The van der Waals surface area contributed by atoms with Gasteiger partial charge in [-0.2, -0.15) is 0 Å². The van der Waals surface area contributed by atoms with Gasteiger partial charge in [0.25, 0.3) is 0 Å². The molecule has 8 aromatic carbocycles. The van der Waals surface area contributed by atoms with Gasteiger partial charge in [-0.15, -0.1) is 0 Å². The highest BCUT2D eigenvalue weighted by molar-refractivity contribution is 5.99. The Morgan fingerprint density at radius 2 is 0.770 bits per heavy atom. The van der Waals surface area contributed by atoms with Crippen LogP contribution in [0, 0.1) is 33.6 Å². The Hall–Kier alpha value is -6.18. The number of anilines is 2. The van der Waals surface area contributed by atoms with E-state index in [1.165, 1.54) is 105 Å². The summed E-state index contributed by atoms with van der Waals surface area (Å²) >= 11 is 0. The average Bonchev–Trinajstić information content (AvgIpc) is 3.31. The molecule has 0 saturated heterocycles. The maximum absolute atomic E-state index is 2.56. The van der Waals surface area contributed by atoms with E-state index in [0.717, 1.165) is 0 Å². The van der Waals surface area contributed by atoms with Gasteiger partial charge in [-0.25, -0.2) is 0 Å². The lowest BCUT2D eigenvalue weighted by Gasteiger charge is -2.36. The van der Waals surface area contributed by atoms with Crippen LogP contribution in [0.3, 0.4) is 0 Å². The Morgan fingerprint density at radius 3 is 1.25 bits per heavy atom. The number of rotatable bonds is 6. The molecule has 2 unspecified atom stereocenters. The molecule has 1 nitrogen and oxygen atoms in total. The van der Waals surface area contributed by atoms with Gasteiger partial charge in [0.15, 0.2) is 0 Å². The molecule has 1 aliphatic rings. The summed E-state index contributed by atoms with van der Waals surface area (Å²) in [5.41, 5.74) is 16.5. The van der Waals surface area contributed by atoms with Gasteiger partial charge in [-0.05, 0) is 153 Å². The third kappa shape index (κ3) is 8.71. The third-order valence-electron chi connectivity index (χ3n) is 12.0. The monoisotopic (exact) mass is 800 g/mol. The molecule has 61 heavy (non-hydrogen) atoms. The van der Waals surface area contributed by atoms with Crippen LogP contribution in [0.4, 0.5) is 11.4 Å². The second kappa shape index (κ2) is 19.9. The molecule has 8 aromatic rings. The number of aryl methyl sites for hydroxylation is 4. The second-order valence-corrected chi connectivity index (χ2v) is 15.7. The molecule has 1 heteroatoms. The highest BCUT2D eigenvalue weighted by Gasteiger charge is 2.29. The van der Waals surface area contributed by atoms with Crippen LogP contribution in [0.2, 0.25) is 0 Å². The van der Waals surface area contributed by atoms with Crippen molar-refractivity contribution in [3.63, 3.8) is 0 Å². The molecule has 0 aliphatic heterocycles. The Kier molecular flexibility index (Phi) is 14.5. The molecule has 0 bridgehead atoms. The van der Waals surface area contributed by atoms with Gasteiger partial charge in [-0.1, -0.05) is 188 Å². The van der Waals surface area contributed by atoms with Crippen LogP contribution in [-0.2, 0) is 0 Å². The van der Waals surface area contributed by atoms with Gasteiger partial charge in [-0.3, -0.25) is 0 Å². The highest BCUT2D eigenvalue weighted by atomic mass is 15.2. The third-order valence-corrected chi connectivity index (χ3v) is 12.0. The Morgan fingerprint density at radius 1 is 0.377 bits per heavy atom. The van der Waals surface area contributed by atoms with E-state index in [0.29, 0.717) is 5.92 Å². The van der Waals surface area contributed by atoms with E-state index >= 15 is 0 Å². The van der Waals surface area contributed by atoms with Gasteiger partial charge >= 0.3 is 0 Å². The predicted molar refractivity (Wildman–Crippen MR) is 272 cm³/mol. The first-order chi connectivity index (χ1) is 29.8. The number of allylic oxidation sites excluding steroid dienone is 3. The fraction of sp³-hybridized carbons (Fsp3) is 0.233. The van der Waals surface area contributed by atoms with Crippen molar-refractivity contribution in [2.75, 3.05) is 4.90 Å². The van der Waals surface area contributed by atoms with E-state index in [-0.39, 0.29) is 5.92 Å². The lowest BCUT2D eigenvalue weighted by Crippen LogP contribution is -2.24. The van der Waals surface area contributed by atoms with E-state index in [2.05, 4.69) is 210 Å². The number of hydrogen-bond donors (Lipinski definition) is 0. The summed E-state index contributed by atoms with van der Waals surface area (Å²) < 4.78 is 0. The van der Waals surface area contributed by atoms with Gasteiger partial charge in [0.2, 0.25) is 0 Å². The first-order valence-corrected chi connectivity index (χ1v) is 22.6. The molecule has 0 aromatic heterocycles. The summed E-state index contributed by atoms with van der Waals surface area (Å²) in [6.07, 6.45) is 5.05. The number of benzene rings is 8. The van der Waals surface area contributed by atoms with Crippen molar-refractivity contribution in [2.45, 2.75) is 89.0 Å². The van der Waals surface area contributed by atoms with Crippen LogP contribution in [0.25, 0.3) is 54.6 Å². The molecule has 1 aliphatic carbocycles. The maximum Gasteiger partial charge on any atom is 0.0493 e. The van der Waals surface area contributed by atoms with Gasteiger partial charge in [0.05, 0.1) is 0 Å². The zero-order chi connectivity index (χ0) is 43.8. The molecule has 0 spiro atoms. The largest absolute Gasteiger partial charge is 0.310 e. The van der Waals surface area contributed by atoms with Crippen molar-refractivity contribution < 1.29 is 0 Å². The lowest BCUT2D eigenvalue weighted by atomic mass is 9.79. The maximum atomic E-state index is 2.56. The molecule has 0 radical (unpaired) electrons. The van der Waals surface area contributed by atoms with E-state index in [1.807, 2.05) is 41.5 Å². The van der Waals surface area contributed by atoms with E-state index in [4.69, 9.17) is 0 Å². The summed E-state index contributed by atoms with van der Waals surface area (Å²) in [7, 11) is 0. The van der Waals surface area contributed by atoms with Crippen LogP contribution >= 0.6 is 0 Å². The number of nitrogens with zero attached hydrogens (tertiary/aromatic N) is 1. The molecule has 310 valence electrons. The zero-order valence-corrected chi connectivity index (χ0v) is 38.7. The van der Waals surface area contributed by atoms with Crippen molar-refractivity contribution in [3.8, 4) is 22.3 Å². The minimum Gasteiger partial charge on any atom is -0.310 e. The van der Waals surface area contributed by atoms with Crippen molar-refractivity contribution in [1.82, 2.24) is 0 Å². The topological polar surface area (TPSA) is 3.24 Å². The molecule has 0 amide bonds. The van der Waals surface area contributed by atoms with Gasteiger partial charge < -0.3 is 4.90 Å². The van der Waals surface area contributed by atoms with Crippen LogP contribution in [0.5, 0.6) is 0 Å². The SMILES string of the molecule is CC.CC.CC.CC1=CC(c2cccc3ccccc23)C(C)C=C1N(c1cc(C)c(-c2cccc3ccccc23)cc1C)c1cc(C)c(-c2cccc3ccccc23)cc1C. The molecular weight excluding hydrogens is 735 g/mol. The molecule has 0 fully saturated rings. The fourth-order valence-corrected chi connectivity index (χ4v) is 9.13. The quantitative estimate of drug-likeness (QED) is 0.162. The van der Waals surface area contributed by atoms with Crippen molar-refractivity contribution in [1.29, 1.82) is 0 Å². The van der Waals surface area contributed by atoms with E-state index in [1.54, 1.807) is 0 Å². The van der Waals surface area contributed by atoms with Crippen LogP contribution in [0.1, 0.15) is 89.1 Å². The average molecular weight is 800 g/mol. The molecule has 0 heterocycles. The first kappa shape index (κ1) is 44.4. The van der Waals surface area contributed by atoms with Crippen molar-refractivity contribution >= 4 is 43.7 Å². The summed E-state index contributed by atoms with van der Waals surface area (Å²) in [5, 5.41) is 7.74. The summed E-state index contributed by atoms with van der Waals surface area (Å²) in [6, 6.07) is 56.0. The van der Waals surface area contributed by atoms with Crippen molar-refractivity contribution in [3.05, 3.63) is 203 Å². The molecule has 2 atom stereocenters. The minimum absolute atomic E-state index is 0.282. The Bertz CT molecular complexity index is 2700. The van der Waals surface area contributed by atoms with Crippen molar-refractivity contribution in [2.24, 2.45) is 5.92 Å². The standard InChI is InChI=1S/C54H47N.3C2H6/c1-34-31-52(37(4)28-49(34)46-25-13-19-40-16-7-10-22-43(40)46)55(53-32-35(2)50(29-38(53)5)47-26-14-20-41-17-8-11-23-44(41)47)54-33-36(3)51(30-39(54)6)48-27-15-21-42-18-9-12-24-45(42)48;3*1-2/h7-34,49H,1-6H3;3*1-2H3. The summed E-state index contributed by atoms with van der Waals surface area (Å²) in [6.45, 7) is 25.8. The van der Waals surface area contributed by atoms with Gasteiger partial charge in [0.1, 0.15) is 0 Å². The smallest absolute Gasteiger partial charge is 0.0493 e. The molecular formula is C60H65N. The van der Waals surface area contributed by atoms with Crippen LogP contribution < -0.4 is 4.90 Å². The van der Waals surface area contributed by atoms with E-state index in [9.17, 15) is 0 Å². The summed E-state index contributed by atoms with van der Waals surface area (Å²) in [4.78, 5) is 2.56. The predicted octanol–water partition coefficient (Wildman–Crippen LogP) is 18.2. The lowest BCUT2D eigenvalue weighted by molar-refractivity contribution is 0.626. The fourth-order valence-electron chi connectivity index (χ4n) is 9.13.